The van der Waals surface area contributed by atoms with E-state index in [-0.39, 0.29) is 22.7 Å². The number of hydrogen-bond donors (Lipinski definition) is 1. The number of alkyl halides is 3. The predicted molar refractivity (Wildman–Crippen MR) is 71.3 cm³/mol. The van der Waals surface area contributed by atoms with E-state index in [0.29, 0.717) is 6.20 Å². The molecule has 0 aliphatic carbocycles. The van der Waals surface area contributed by atoms with Crippen LogP contribution in [-0.4, -0.2) is 4.98 Å². The molecule has 1 aromatic carbocycles. The van der Waals surface area contributed by atoms with Gasteiger partial charge in [0, 0.05) is 6.20 Å². The molecule has 0 saturated carbocycles. The van der Waals surface area contributed by atoms with Crippen LogP contribution >= 0.6 is 11.6 Å². The Hall–Kier alpha value is -1.66. The van der Waals surface area contributed by atoms with Crippen LogP contribution in [0.25, 0.3) is 0 Å². The summed E-state index contributed by atoms with van der Waals surface area (Å²) >= 11 is 5.66. The van der Waals surface area contributed by atoms with Crippen LogP contribution in [0, 0.1) is 5.82 Å². The van der Waals surface area contributed by atoms with Crippen molar-refractivity contribution in [1.29, 1.82) is 0 Å². The van der Waals surface area contributed by atoms with Gasteiger partial charge in [-0.3, -0.25) is 4.98 Å². The lowest BCUT2D eigenvalue weighted by Crippen LogP contribution is -2.16. The number of rotatable bonds is 3. The minimum atomic E-state index is -4.45. The summed E-state index contributed by atoms with van der Waals surface area (Å²) in [5.41, 5.74) is 5.54. The van der Waals surface area contributed by atoms with Crippen molar-refractivity contribution >= 4 is 11.6 Å². The largest absolute Gasteiger partial charge is 0.417 e. The molecule has 112 valence electrons. The summed E-state index contributed by atoms with van der Waals surface area (Å²) in [6.07, 6.45) is -3.65. The lowest BCUT2D eigenvalue weighted by Gasteiger charge is -2.13. The summed E-state index contributed by atoms with van der Waals surface area (Å²) in [5, 5.41) is -0.0277. The van der Waals surface area contributed by atoms with E-state index in [1.54, 1.807) is 6.07 Å². The molecule has 2 aromatic rings. The summed E-state index contributed by atoms with van der Waals surface area (Å²) < 4.78 is 51.0. The molecule has 2 nitrogen and oxygen atoms in total. The van der Waals surface area contributed by atoms with Gasteiger partial charge in [0.2, 0.25) is 0 Å². The molecule has 1 aromatic heterocycles. The molecule has 0 fully saturated rings. The molecule has 0 spiro atoms. The van der Waals surface area contributed by atoms with Gasteiger partial charge in [-0.1, -0.05) is 23.7 Å². The summed E-state index contributed by atoms with van der Waals surface area (Å²) in [7, 11) is 0. The van der Waals surface area contributed by atoms with E-state index < -0.39 is 23.6 Å². The standard InChI is InChI=1S/C14H11ClF4N2/c15-10-3-1-2-8(13(10)16)6-11(20)12-5-4-9(7-21-12)14(17,18)19/h1-5,7,11H,6,20H2. The Kier molecular flexibility index (Phi) is 4.49. The topological polar surface area (TPSA) is 38.9 Å². The molecule has 21 heavy (non-hydrogen) atoms. The number of halogens is 5. The fraction of sp³-hybridized carbons (Fsp3) is 0.214. The van der Waals surface area contributed by atoms with Crippen LogP contribution in [0.2, 0.25) is 5.02 Å². The quantitative estimate of drug-likeness (QED) is 0.864. The fourth-order valence-electron chi connectivity index (χ4n) is 1.84. The summed E-state index contributed by atoms with van der Waals surface area (Å²) in [6.45, 7) is 0. The maximum Gasteiger partial charge on any atom is 0.417 e. The van der Waals surface area contributed by atoms with Crippen molar-refractivity contribution in [1.82, 2.24) is 4.98 Å². The molecular weight excluding hydrogens is 308 g/mol. The van der Waals surface area contributed by atoms with Crippen LogP contribution < -0.4 is 5.73 Å². The van der Waals surface area contributed by atoms with Gasteiger partial charge in [-0.05, 0) is 30.2 Å². The zero-order chi connectivity index (χ0) is 15.6. The average Bonchev–Trinajstić information content (AvgIpc) is 2.43. The third kappa shape index (κ3) is 3.71. The van der Waals surface area contributed by atoms with E-state index in [1.165, 1.54) is 18.2 Å². The first-order valence-corrected chi connectivity index (χ1v) is 6.38. The monoisotopic (exact) mass is 318 g/mol. The van der Waals surface area contributed by atoms with E-state index in [9.17, 15) is 17.6 Å². The molecule has 0 aliphatic heterocycles. The Morgan fingerprint density at radius 2 is 1.90 bits per heavy atom. The van der Waals surface area contributed by atoms with Crippen molar-refractivity contribution in [3.05, 3.63) is 64.2 Å². The van der Waals surface area contributed by atoms with Crippen LogP contribution in [0.4, 0.5) is 17.6 Å². The lowest BCUT2D eigenvalue weighted by molar-refractivity contribution is -0.137. The van der Waals surface area contributed by atoms with Gasteiger partial charge >= 0.3 is 6.18 Å². The van der Waals surface area contributed by atoms with Crippen LogP contribution in [0.3, 0.4) is 0 Å². The molecule has 0 aliphatic rings. The van der Waals surface area contributed by atoms with E-state index >= 15 is 0 Å². The molecule has 0 bridgehead atoms. The van der Waals surface area contributed by atoms with Gasteiger partial charge in [-0.15, -0.1) is 0 Å². The van der Waals surface area contributed by atoms with Crippen LogP contribution in [0.1, 0.15) is 22.9 Å². The van der Waals surface area contributed by atoms with Gasteiger partial charge in [-0.2, -0.15) is 13.2 Å². The van der Waals surface area contributed by atoms with Gasteiger partial charge in [0.05, 0.1) is 22.3 Å². The van der Waals surface area contributed by atoms with Crippen molar-refractivity contribution < 1.29 is 17.6 Å². The lowest BCUT2D eigenvalue weighted by atomic mass is 10.0. The first-order valence-electron chi connectivity index (χ1n) is 6.00. The Morgan fingerprint density at radius 3 is 2.48 bits per heavy atom. The number of pyridine rings is 1. The molecule has 0 saturated heterocycles. The van der Waals surface area contributed by atoms with E-state index in [1.807, 2.05) is 0 Å². The van der Waals surface area contributed by atoms with Gasteiger partial charge in [-0.25, -0.2) is 4.39 Å². The highest BCUT2D eigenvalue weighted by atomic mass is 35.5. The second-order valence-electron chi connectivity index (χ2n) is 4.49. The number of hydrogen-bond acceptors (Lipinski definition) is 2. The first-order chi connectivity index (χ1) is 9.79. The molecule has 0 radical (unpaired) electrons. The predicted octanol–water partition coefficient (Wildman–Crippen LogP) is 4.14. The third-order valence-electron chi connectivity index (χ3n) is 2.96. The van der Waals surface area contributed by atoms with E-state index in [2.05, 4.69) is 4.98 Å². The van der Waals surface area contributed by atoms with Crippen molar-refractivity contribution in [3.8, 4) is 0 Å². The zero-order valence-corrected chi connectivity index (χ0v) is 11.4. The van der Waals surface area contributed by atoms with Gasteiger partial charge in [0.1, 0.15) is 5.82 Å². The highest BCUT2D eigenvalue weighted by molar-refractivity contribution is 6.30. The van der Waals surface area contributed by atoms with Crippen LogP contribution in [0.15, 0.2) is 36.5 Å². The van der Waals surface area contributed by atoms with E-state index in [4.69, 9.17) is 17.3 Å². The fourth-order valence-corrected chi connectivity index (χ4v) is 2.03. The SMILES string of the molecule is NC(Cc1cccc(Cl)c1F)c1ccc(C(F)(F)F)cn1. The van der Waals surface area contributed by atoms with Crippen molar-refractivity contribution in [2.75, 3.05) is 0 Å². The number of nitrogens with zero attached hydrogens (tertiary/aromatic N) is 1. The summed E-state index contributed by atoms with van der Waals surface area (Å²) in [5.74, 6) is -0.582. The first kappa shape index (κ1) is 15.7. The normalized spacial score (nSPS) is 13.2. The minimum Gasteiger partial charge on any atom is -0.322 e. The Morgan fingerprint density at radius 1 is 1.19 bits per heavy atom. The highest BCUT2D eigenvalue weighted by Crippen LogP contribution is 2.29. The molecule has 2 rings (SSSR count). The van der Waals surface area contributed by atoms with Crippen molar-refractivity contribution in [2.24, 2.45) is 5.73 Å². The summed E-state index contributed by atoms with van der Waals surface area (Å²) in [4.78, 5) is 3.69. The van der Waals surface area contributed by atoms with Crippen molar-refractivity contribution in [2.45, 2.75) is 18.6 Å². The number of nitrogens with two attached hydrogens (primary N) is 1. The highest BCUT2D eigenvalue weighted by Gasteiger charge is 2.30. The molecule has 1 atom stereocenters. The molecule has 1 unspecified atom stereocenters. The third-order valence-corrected chi connectivity index (χ3v) is 3.26. The van der Waals surface area contributed by atoms with Gasteiger partial charge in [0.25, 0.3) is 0 Å². The second kappa shape index (κ2) is 5.99. The minimum absolute atomic E-state index is 0.0277. The van der Waals surface area contributed by atoms with E-state index in [0.717, 1.165) is 6.07 Å². The van der Waals surface area contributed by atoms with Gasteiger partial charge < -0.3 is 5.73 Å². The number of benzene rings is 1. The Balaban J connectivity index is 2.17. The Labute approximate surface area is 123 Å². The average molecular weight is 319 g/mol. The second-order valence-corrected chi connectivity index (χ2v) is 4.90. The Bertz CT molecular complexity index is 626. The smallest absolute Gasteiger partial charge is 0.322 e. The molecular formula is C14H11ClF4N2. The maximum atomic E-state index is 13.7. The van der Waals surface area contributed by atoms with Crippen LogP contribution in [0.5, 0.6) is 0 Å². The summed E-state index contributed by atoms with van der Waals surface area (Å²) in [6, 6.07) is 5.87. The molecule has 1 heterocycles. The van der Waals surface area contributed by atoms with Gasteiger partial charge in [0.15, 0.2) is 0 Å². The zero-order valence-electron chi connectivity index (χ0n) is 10.7. The number of aromatic nitrogens is 1. The van der Waals surface area contributed by atoms with Crippen LogP contribution in [-0.2, 0) is 12.6 Å². The molecule has 0 amide bonds. The molecule has 7 heteroatoms. The van der Waals surface area contributed by atoms with Crippen molar-refractivity contribution in [3.63, 3.8) is 0 Å². The molecule has 2 N–H and O–H groups in total. The maximum absolute atomic E-state index is 13.7.